The van der Waals surface area contributed by atoms with Crippen LogP contribution in [0.1, 0.15) is 36.2 Å². The lowest BCUT2D eigenvalue weighted by molar-refractivity contribution is -0.118. The smallest absolute Gasteiger partial charge is 0.216 e. The topological polar surface area (TPSA) is 72.2 Å². The number of nitrogens with one attached hydrogen (secondary N) is 1. The monoisotopic (exact) mass is 244 g/mol. The number of anilines is 1. The molecule has 0 unspecified atom stereocenters. The molecule has 0 aliphatic carbocycles. The normalized spacial score (nSPS) is 9.22. The highest BCUT2D eigenvalue weighted by Crippen LogP contribution is 2.14. The predicted molar refractivity (Wildman–Crippen MR) is 71.0 cm³/mol. The van der Waals surface area contributed by atoms with Crippen molar-refractivity contribution in [3.8, 4) is 11.8 Å². The molecule has 1 aromatic rings. The molecule has 0 atom stereocenters. The number of nitrogens with two attached hydrogens (primary N) is 1. The Hall–Kier alpha value is -2.28. The fourth-order valence-electron chi connectivity index (χ4n) is 1.40. The summed E-state index contributed by atoms with van der Waals surface area (Å²) in [4.78, 5) is 21.9. The van der Waals surface area contributed by atoms with Gasteiger partial charge in [0.05, 0.1) is 0 Å². The van der Waals surface area contributed by atoms with Crippen molar-refractivity contribution < 1.29 is 9.59 Å². The summed E-state index contributed by atoms with van der Waals surface area (Å²) in [6, 6.07) is 5.13. The maximum absolute atomic E-state index is 11.3. The van der Waals surface area contributed by atoms with E-state index in [0.29, 0.717) is 24.2 Å². The van der Waals surface area contributed by atoms with Crippen LogP contribution in [-0.4, -0.2) is 18.2 Å². The lowest BCUT2D eigenvalue weighted by Gasteiger charge is -2.01. The largest absolute Gasteiger partial charge is 0.398 e. The molecule has 1 amide bonds. The number of hydrogen-bond acceptors (Lipinski definition) is 3. The second-order valence-electron chi connectivity index (χ2n) is 3.89. The van der Waals surface area contributed by atoms with Crippen LogP contribution in [0.15, 0.2) is 18.2 Å². The van der Waals surface area contributed by atoms with Crippen molar-refractivity contribution in [2.24, 2.45) is 0 Å². The van der Waals surface area contributed by atoms with E-state index in [0.717, 1.165) is 5.56 Å². The zero-order valence-corrected chi connectivity index (χ0v) is 10.5. The molecule has 1 aromatic carbocycles. The van der Waals surface area contributed by atoms with Crippen LogP contribution in [0.3, 0.4) is 0 Å². The number of Topliss-reactive ketones (excluding diaryl/α,β-unsaturated/α-hetero) is 1. The van der Waals surface area contributed by atoms with Gasteiger partial charge >= 0.3 is 0 Å². The molecule has 0 aromatic heterocycles. The average molecular weight is 244 g/mol. The third kappa shape index (κ3) is 4.30. The number of nitrogen functional groups attached to an aromatic ring is 1. The van der Waals surface area contributed by atoms with Crippen LogP contribution >= 0.6 is 0 Å². The van der Waals surface area contributed by atoms with Crippen LogP contribution in [0.25, 0.3) is 0 Å². The first-order valence-electron chi connectivity index (χ1n) is 5.64. The highest BCUT2D eigenvalue weighted by molar-refractivity contribution is 5.99. The third-order valence-electron chi connectivity index (χ3n) is 2.29. The molecule has 94 valence electrons. The summed E-state index contributed by atoms with van der Waals surface area (Å²) in [7, 11) is 0. The molecule has 0 heterocycles. The van der Waals surface area contributed by atoms with Gasteiger partial charge in [-0.1, -0.05) is 11.8 Å². The van der Waals surface area contributed by atoms with E-state index in [2.05, 4.69) is 17.2 Å². The third-order valence-corrected chi connectivity index (χ3v) is 2.29. The lowest BCUT2D eigenvalue weighted by Crippen LogP contribution is -2.20. The van der Waals surface area contributed by atoms with Crippen molar-refractivity contribution in [3.05, 3.63) is 29.3 Å². The Kier molecular flexibility index (Phi) is 4.94. The van der Waals surface area contributed by atoms with E-state index in [1.54, 1.807) is 18.2 Å². The van der Waals surface area contributed by atoms with Crippen molar-refractivity contribution in [2.75, 3.05) is 12.3 Å². The number of benzene rings is 1. The summed E-state index contributed by atoms with van der Waals surface area (Å²) in [5.41, 5.74) is 7.38. The Morgan fingerprint density at radius 1 is 1.33 bits per heavy atom. The van der Waals surface area contributed by atoms with Gasteiger partial charge in [0.1, 0.15) is 0 Å². The molecule has 4 nitrogen and oxygen atoms in total. The number of rotatable bonds is 3. The highest BCUT2D eigenvalue weighted by atomic mass is 16.1. The van der Waals surface area contributed by atoms with Crippen molar-refractivity contribution >= 4 is 17.4 Å². The Morgan fingerprint density at radius 2 is 2.06 bits per heavy atom. The van der Waals surface area contributed by atoms with Crippen LogP contribution in [0, 0.1) is 11.8 Å². The van der Waals surface area contributed by atoms with E-state index in [1.165, 1.54) is 13.8 Å². The number of carbonyl (C=O) groups is 2. The van der Waals surface area contributed by atoms with Gasteiger partial charge in [-0.05, 0) is 25.1 Å². The minimum Gasteiger partial charge on any atom is -0.398 e. The van der Waals surface area contributed by atoms with Gasteiger partial charge in [0.2, 0.25) is 5.91 Å². The minimum absolute atomic E-state index is 0.0665. The fraction of sp³-hybridized carbons (Fsp3) is 0.286. The van der Waals surface area contributed by atoms with Gasteiger partial charge in [-0.15, -0.1) is 0 Å². The first kappa shape index (κ1) is 13.8. The van der Waals surface area contributed by atoms with E-state index >= 15 is 0 Å². The second kappa shape index (κ2) is 6.45. The molecule has 0 radical (unpaired) electrons. The van der Waals surface area contributed by atoms with Crippen molar-refractivity contribution in [2.45, 2.75) is 20.3 Å². The summed E-state index contributed by atoms with van der Waals surface area (Å²) in [5, 5.41) is 2.65. The first-order chi connectivity index (χ1) is 8.50. The maximum atomic E-state index is 11.3. The van der Waals surface area contributed by atoms with Crippen molar-refractivity contribution in [3.63, 3.8) is 0 Å². The molecule has 3 N–H and O–H groups in total. The van der Waals surface area contributed by atoms with Gasteiger partial charge in [-0.2, -0.15) is 0 Å². The maximum Gasteiger partial charge on any atom is 0.216 e. The molecule has 0 spiro atoms. The van der Waals surface area contributed by atoms with E-state index in [1.807, 2.05) is 0 Å². The number of carbonyl (C=O) groups excluding carboxylic acids is 2. The average Bonchev–Trinajstić information content (AvgIpc) is 2.30. The minimum atomic E-state index is -0.0746. The molecule has 0 aliphatic heterocycles. The number of ketones is 1. The predicted octanol–water partition coefficient (Wildman–Crippen LogP) is 1.35. The zero-order chi connectivity index (χ0) is 13.5. The molecule has 4 heteroatoms. The van der Waals surface area contributed by atoms with E-state index < -0.39 is 0 Å². The molecule has 0 saturated heterocycles. The van der Waals surface area contributed by atoms with Gasteiger partial charge in [0, 0.05) is 36.7 Å². The van der Waals surface area contributed by atoms with Gasteiger partial charge < -0.3 is 11.1 Å². The van der Waals surface area contributed by atoms with Crippen LogP contribution < -0.4 is 11.1 Å². The number of hydrogen-bond donors (Lipinski definition) is 2. The molecule has 0 bridgehead atoms. The van der Waals surface area contributed by atoms with Crippen LogP contribution in [0.2, 0.25) is 0 Å². The summed E-state index contributed by atoms with van der Waals surface area (Å²) >= 11 is 0. The lowest BCUT2D eigenvalue weighted by atomic mass is 10.1. The fourth-order valence-corrected chi connectivity index (χ4v) is 1.40. The van der Waals surface area contributed by atoms with E-state index in [9.17, 15) is 9.59 Å². The summed E-state index contributed by atoms with van der Waals surface area (Å²) in [6.07, 6.45) is 0.569. The van der Waals surface area contributed by atoms with Crippen molar-refractivity contribution in [1.82, 2.24) is 5.32 Å². The number of amides is 1. The van der Waals surface area contributed by atoms with Gasteiger partial charge in [0.25, 0.3) is 0 Å². The van der Waals surface area contributed by atoms with Crippen molar-refractivity contribution in [1.29, 1.82) is 0 Å². The van der Waals surface area contributed by atoms with Crippen LogP contribution in [-0.2, 0) is 4.79 Å². The summed E-state index contributed by atoms with van der Waals surface area (Å²) < 4.78 is 0. The SMILES string of the molecule is CC(=O)NCCC#Cc1ccc(N)c(C(C)=O)c1. The molecular formula is C14H16N2O2. The van der Waals surface area contributed by atoms with E-state index in [-0.39, 0.29) is 11.7 Å². The Balaban J connectivity index is 2.68. The molecule has 0 fully saturated rings. The molecule has 1 rings (SSSR count). The van der Waals surface area contributed by atoms with Gasteiger partial charge in [-0.25, -0.2) is 0 Å². The van der Waals surface area contributed by atoms with E-state index in [4.69, 9.17) is 5.73 Å². The Labute approximate surface area is 107 Å². The highest BCUT2D eigenvalue weighted by Gasteiger charge is 2.04. The summed E-state index contributed by atoms with van der Waals surface area (Å²) in [5.74, 6) is 5.72. The zero-order valence-electron chi connectivity index (χ0n) is 10.5. The Bertz CT molecular complexity index is 524. The van der Waals surface area contributed by atoms with Crippen LogP contribution in [0.4, 0.5) is 5.69 Å². The Morgan fingerprint density at radius 3 is 2.67 bits per heavy atom. The quantitative estimate of drug-likeness (QED) is 0.365. The van der Waals surface area contributed by atoms with Crippen LogP contribution in [0.5, 0.6) is 0 Å². The molecule has 0 aliphatic rings. The standard InChI is InChI=1S/C14H16N2O2/c1-10(17)13-9-12(6-7-14(13)15)5-3-4-8-16-11(2)18/h6-7,9H,4,8,15H2,1-2H3,(H,16,18). The summed E-state index contributed by atoms with van der Waals surface area (Å²) in [6.45, 7) is 3.46. The second-order valence-corrected chi connectivity index (χ2v) is 3.89. The first-order valence-corrected chi connectivity index (χ1v) is 5.64. The molecule has 0 saturated carbocycles. The van der Waals surface area contributed by atoms with Gasteiger partial charge in [0.15, 0.2) is 5.78 Å². The molecular weight excluding hydrogens is 228 g/mol. The van der Waals surface area contributed by atoms with Gasteiger partial charge in [-0.3, -0.25) is 9.59 Å². The molecule has 18 heavy (non-hydrogen) atoms.